The van der Waals surface area contributed by atoms with Crippen molar-refractivity contribution in [3.8, 4) is 11.6 Å². The van der Waals surface area contributed by atoms with Crippen LogP contribution in [0.4, 0.5) is 0 Å². The van der Waals surface area contributed by atoms with Crippen LogP contribution in [-0.4, -0.2) is 40.8 Å². The Balaban J connectivity index is 2.18. The van der Waals surface area contributed by atoms with Gasteiger partial charge in [-0.25, -0.2) is 4.68 Å². The number of carbonyl (C=O) groups is 1. The molecule has 0 radical (unpaired) electrons. The summed E-state index contributed by atoms with van der Waals surface area (Å²) in [4.78, 5) is 13.3. The fraction of sp³-hybridized carbons (Fsp3) is 0.286. The number of benzene rings is 1. The minimum Gasteiger partial charge on any atom is -0.463 e. The molecule has 1 amide bonds. The largest absolute Gasteiger partial charge is 0.463 e. The topological polar surface area (TPSA) is 47.4 Å². The van der Waals surface area contributed by atoms with Crippen molar-refractivity contribution in [3.05, 3.63) is 41.0 Å². The van der Waals surface area contributed by atoms with Gasteiger partial charge in [0.2, 0.25) is 5.88 Å². The van der Waals surface area contributed by atoms with Crippen LogP contribution in [0.25, 0.3) is 5.69 Å². The van der Waals surface area contributed by atoms with Crippen LogP contribution in [0.2, 0.25) is 0 Å². The van der Waals surface area contributed by atoms with Crippen molar-refractivity contribution in [2.45, 2.75) is 13.0 Å². The second-order valence-corrected chi connectivity index (χ2v) is 5.41. The molecule has 0 N–H and O–H groups in total. The van der Waals surface area contributed by atoms with E-state index in [1.54, 1.807) is 31.9 Å². The lowest BCUT2D eigenvalue weighted by atomic mass is 10.3. The van der Waals surface area contributed by atoms with E-state index in [-0.39, 0.29) is 5.91 Å². The quantitative estimate of drug-likeness (QED) is 0.861. The van der Waals surface area contributed by atoms with E-state index in [2.05, 4.69) is 21.0 Å². The lowest BCUT2D eigenvalue weighted by Crippen LogP contribution is -2.35. The number of hydrogen-bond donors (Lipinski definition) is 0. The van der Waals surface area contributed by atoms with Crippen LogP contribution in [0.3, 0.4) is 0 Å². The third kappa shape index (κ3) is 3.19. The number of rotatable bonds is 4. The Morgan fingerprint density at radius 1 is 1.35 bits per heavy atom. The number of halogens is 1. The van der Waals surface area contributed by atoms with E-state index < -0.39 is 6.10 Å². The zero-order valence-electron chi connectivity index (χ0n) is 11.6. The second-order valence-electron chi connectivity index (χ2n) is 4.56. The summed E-state index contributed by atoms with van der Waals surface area (Å²) in [5.41, 5.74) is 0.926. The molecule has 0 spiro atoms. The molecule has 1 atom stereocenters. The van der Waals surface area contributed by atoms with Gasteiger partial charge in [0.1, 0.15) is 0 Å². The first-order chi connectivity index (χ1) is 9.49. The van der Waals surface area contributed by atoms with Crippen LogP contribution in [0, 0.1) is 0 Å². The molecule has 5 nitrogen and oxygen atoms in total. The first kappa shape index (κ1) is 14.6. The fourth-order valence-corrected chi connectivity index (χ4v) is 2.08. The molecule has 0 fully saturated rings. The number of carbonyl (C=O) groups excluding carboxylic acids is 1. The molecule has 2 aromatic rings. The monoisotopic (exact) mass is 337 g/mol. The Morgan fingerprint density at radius 2 is 2.00 bits per heavy atom. The van der Waals surface area contributed by atoms with Crippen molar-refractivity contribution < 1.29 is 9.53 Å². The van der Waals surface area contributed by atoms with Crippen molar-refractivity contribution in [2.75, 3.05) is 14.1 Å². The normalized spacial score (nSPS) is 12.0. The van der Waals surface area contributed by atoms with Gasteiger partial charge in [0.25, 0.3) is 5.91 Å². The molecule has 2 rings (SSSR count). The first-order valence-electron chi connectivity index (χ1n) is 6.17. The molecule has 0 saturated carbocycles. The average Bonchev–Trinajstić information content (AvgIpc) is 2.80. The highest BCUT2D eigenvalue weighted by atomic mass is 79.9. The summed E-state index contributed by atoms with van der Waals surface area (Å²) in [5, 5.41) is 4.34. The molecule has 106 valence electrons. The summed E-state index contributed by atoms with van der Waals surface area (Å²) in [7, 11) is 3.39. The highest BCUT2D eigenvalue weighted by molar-refractivity contribution is 9.10. The fourth-order valence-electron chi connectivity index (χ4n) is 1.71. The molecule has 0 aliphatic rings. The molecule has 6 heteroatoms. The Kier molecular flexibility index (Phi) is 4.44. The van der Waals surface area contributed by atoms with E-state index in [4.69, 9.17) is 4.74 Å². The Hall–Kier alpha value is -1.82. The third-order valence-corrected chi connectivity index (χ3v) is 3.28. The maximum atomic E-state index is 11.8. The average molecular weight is 338 g/mol. The van der Waals surface area contributed by atoms with Gasteiger partial charge >= 0.3 is 0 Å². The highest BCUT2D eigenvalue weighted by Crippen LogP contribution is 2.25. The van der Waals surface area contributed by atoms with Gasteiger partial charge in [0, 0.05) is 20.3 Å². The Bertz CT molecular complexity index is 596. The van der Waals surface area contributed by atoms with E-state index in [9.17, 15) is 4.79 Å². The molecule has 1 aromatic carbocycles. The SMILES string of the molecule is CC(Oc1nn(-c2ccccc2)cc1Br)C(=O)N(C)C. The molecule has 1 unspecified atom stereocenters. The van der Waals surface area contributed by atoms with E-state index >= 15 is 0 Å². The summed E-state index contributed by atoms with van der Waals surface area (Å²) in [5.74, 6) is 0.294. The molecule has 0 saturated heterocycles. The van der Waals surface area contributed by atoms with Gasteiger partial charge in [0.15, 0.2) is 6.10 Å². The maximum absolute atomic E-state index is 11.8. The van der Waals surface area contributed by atoms with E-state index in [0.717, 1.165) is 5.69 Å². The van der Waals surface area contributed by atoms with Crippen LogP contribution in [-0.2, 0) is 4.79 Å². The zero-order chi connectivity index (χ0) is 14.7. The molecule has 1 heterocycles. The predicted molar refractivity (Wildman–Crippen MR) is 80.0 cm³/mol. The Labute approximate surface area is 126 Å². The van der Waals surface area contributed by atoms with E-state index in [1.165, 1.54) is 4.90 Å². The number of nitrogens with zero attached hydrogens (tertiary/aromatic N) is 3. The molecule has 0 aliphatic heterocycles. The van der Waals surface area contributed by atoms with E-state index in [1.807, 2.05) is 30.3 Å². The molecule has 0 bridgehead atoms. The molecule has 1 aromatic heterocycles. The highest BCUT2D eigenvalue weighted by Gasteiger charge is 2.19. The number of hydrogen-bond acceptors (Lipinski definition) is 3. The van der Waals surface area contributed by atoms with Crippen LogP contribution < -0.4 is 4.74 Å². The summed E-state index contributed by atoms with van der Waals surface area (Å²) in [6.07, 6.45) is 1.22. The third-order valence-electron chi connectivity index (χ3n) is 2.74. The van der Waals surface area contributed by atoms with Gasteiger partial charge in [-0.2, -0.15) is 0 Å². The van der Waals surface area contributed by atoms with Gasteiger partial charge in [-0.15, -0.1) is 5.10 Å². The number of amides is 1. The van der Waals surface area contributed by atoms with Gasteiger partial charge in [-0.1, -0.05) is 18.2 Å². The smallest absolute Gasteiger partial charge is 0.262 e. The molecule has 0 aliphatic carbocycles. The zero-order valence-corrected chi connectivity index (χ0v) is 13.2. The second kappa shape index (κ2) is 6.09. The molecule has 20 heavy (non-hydrogen) atoms. The van der Waals surface area contributed by atoms with Gasteiger partial charge in [-0.3, -0.25) is 4.79 Å². The van der Waals surface area contributed by atoms with Crippen LogP contribution in [0.1, 0.15) is 6.92 Å². The van der Waals surface area contributed by atoms with Crippen LogP contribution in [0.15, 0.2) is 41.0 Å². The van der Waals surface area contributed by atoms with Crippen molar-refractivity contribution in [1.82, 2.24) is 14.7 Å². The van der Waals surface area contributed by atoms with Crippen molar-refractivity contribution in [3.63, 3.8) is 0 Å². The van der Waals surface area contributed by atoms with Gasteiger partial charge < -0.3 is 9.64 Å². The van der Waals surface area contributed by atoms with Crippen molar-refractivity contribution in [2.24, 2.45) is 0 Å². The summed E-state index contributed by atoms with van der Waals surface area (Å²) in [6, 6.07) is 9.69. The molecular formula is C14H16BrN3O2. The van der Waals surface area contributed by atoms with E-state index in [0.29, 0.717) is 10.4 Å². The summed E-state index contributed by atoms with van der Waals surface area (Å²) in [6.45, 7) is 1.70. The van der Waals surface area contributed by atoms with Crippen LogP contribution >= 0.6 is 15.9 Å². The number of likely N-dealkylation sites (N-methyl/N-ethyl adjacent to an activating group) is 1. The summed E-state index contributed by atoms with van der Waals surface area (Å²) >= 11 is 3.40. The van der Waals surface area contributed by atoms with Crippen molar-refractivity contribution in [1.29, 1.82) is 0 Å². The maximum Gasteiger partial charge on any atom is 0.262 e. The summed E-state index contributed by atoms with van der Waals surface area (Å²) < 4.78 is 8.01. The minimum atomic E-state index is -0.583. The number of ether oxygens (including phenoxy) is 1. The number of para-hydroxylation sites is 1. The van der Waals surface area contributed by atoms with Crippen LogP contribution in [0.5, 0.6) is 5.88 Å². The lowest BCUT2D eigenvalue weighted by Gasteiger charge is -2.17. The molecular weight excluding hydrogens is 322 g/mol. The van der Waals surface area contributed by atoms with Gasteiger partial charge in [0.05, 0.1) is 10.2 Å². The Morgan fingerprint density at radius 3 is 2.60 bits per heavy atom. The van der Waals surface area contributed by atoms with Crippen molar-refractivity contribution >= 4 is 21.8 Å². The standard InChI is InChI=1S/C14H16BrN3O2/c1-10(14(19)17(2)3)20-13-12(15)9-18(16-13)11-7-5-4-6-8-11/h4-10H,1-3H3. The van der Waals surface area contributed by atoms with Gasteiger partial charge in [-0.05, 0) is 35.0 Å². The predicted octanol–water partition coefficient (Wildman–Crippen LogP) is 2.49. The minimum absolute atomic E-state index is 0.105. The lowest BCUT2D eigenvalue weighted by molar-refractivity contribution is -0.135. The number of aromatic nitrogens is 2. The first-order valence-corrected chi connectivity index (χ1v) is 6.96.